The third-order valence-electron chi connectivity index (χ3n) is 6.40. The van der Waals surface area contributed by atoms with Crippen LogP contribution < -0.4 is 0 Å². The SMILES string of the molecule is CN1C(=O)[C@H]2CC[C@@H]1CN(C(=O)C1(c3ccc(F)cc3)CCOCC1)C2. The summed E-state index contributed by atoms with van der Waals surface area (Å²) in [6.45, 7) is 2.11. The van der Waals surface area contributed by atoms with Crippen molar-refractivity contribution in [3.8, 4) is 0 Å². The Labute approximate surface area is 153 Å². The number of hydrogen-bond acceptors (Lipinski definition) is 3. The number of nitrogens with zero attached hydrogens (tertiary/aromatic N) is 2. The molecule has 0 saturated carbocycles. The van der Waals surface area contributed by atoms with Gasteiger partial charge in [0.15, 0.2) is 0 Å². The smallest absolute Gasteiger partial charge is 0.233 e. The number of rotatable bonds is 2. The normalized spacial score (nSPS) is 28.2. The number of likely N-dealkylation sites (N-methyl/N-ethyl adjacent to an activating group) is 1. The van der Waals surface area contributed by atoms with E-state index in [9.17, 15) is 14.0 Å². The Hall–Kier alpha value is -1.95. The maximum atomic E-state index is 13.7. The summed E-state index contributed by atoms with van der Waals surface area (Å²) < 4.78 is 18.9. The fourth-order valence-electron chi connectivity index (χ4n) is 4.74. The van der Waals surface area contributed by atoms with Gasteiger partial charge >= 0.3 is 0 Å². The summed E-state index contributed by atoms with van der Waals surface area (Å²) in [7, 11) is 1.84. The summed E-state index contributed by atoms with van der Waals surface area (Å²) >= 11 is 0. The molecule has 26 heavy (non-hydrogen) atoms. The van der Waals surface area contributed by atoms with Crippen LogP contribution in [0.2, 0.25) is 0 Å². The van der Waals surface area contributed by atoms with Gasteiger partial charge in [0.25, 0.3) is 0 Å². The van der Waals surface area contributed by atoms with Gasteiger partial charge in [-0.3, -0.25) is 9.59 Å². The Balaban J connectivity index is 1.67. The van der Waals surface area contributed by atoms with Crippen LogP contribution in [-0.4, -0.2) is 61.0 Å². The van der Waals surface area contributed by atoms with Crippen LogP contribution in [0.4, 0.5) is 4.39 Å². The van der Waals surface area contributed by atoms with Crippen LogP contribution in [0, 0.1) is 11.7 Å². The zero-order valence-electron chi connectivity index (χ0n) is 15.1. The van der Waals surface area contributed by atoms with Gasteiger partial charge in [0.05, 0.1) is 11.3 Å². The number of hydrogen-bond donors (Lipinski definition) is 0. The first kappa shape index (κ1) is 17.5. The van der Waals surface area contributed by atoms with E-state index in [0.29, 0.717) is 39.1 Å². The van der Waals surface area contributed by atoms with Gasteiger partial charge in [-0.05, 0) is 43.4 Å². The van der Waals surface area contributed by atoms with Crippen LogP contribution in [0.3, 0.4) is 0 Å². The molecule has 2 amide bonds. The van der Waals surface area contributed by atoms with E-state index < -0.39 is 5.41 Å². The van der Waals surface area contributed by atoms with Crippen molar-refractivity contribution in [1.82, 2.24) is 9.80 Å². The van der Waals surface area contributed by atoms with Crippen LogP contribution >= 0.6 is 0 Å². The monoisotopic (exact) mass is 360 g/mol. The molecule has 5 nitrogen and oxygen atoms in total. The Bertz CT molecular complexity index is 700. The number of ether oxygens (including phenoxy) is 1. The molecule has 0 aromatic heterocycles. The van der Waals surface area contributed by atoms with E-state index in [2.05, 4.69) is 0 Å². The number of amides is 2. The molecule has 0 spiro atoms. The second-order valence-corrected chi connectivity index (χ2v) is 7.79. The first-order valence-electron chi connectivity index (χ1n) is 9.41. The molecule has 2 atom stereocenters. The molecule has 6 heteroatoms. The number of carbonyl (C=O) groups excluding carboxylic acids is 2. The Morgan fingerprint density at radius 3 is 2.54 bits per heavy atom. The van der Waals surface area contributed by atoms with Gasteiger partial charge in [-0.25, -0.2) is 4.39 Å². The highest BCUT2D eigenvalue weighted by Crippen LogP contribution is 2.39. The molecular weight excluding hydrogens is 335 g/mol. The van der Waals surface area contributed by atoms with Gasteiger partial charge in [0.1, 0.15) is 5.82 Å². The van der Waals surface area contributed by atoms with Gasteiger partial charge < -0.3 is 14.5 Å². The van der Waals surface area contributed by atoms with Gasteiger partial charge in [0.2, 0.25) is 11.8 Å². The average molecular weight is 360 g/mol. The van der Waals surface area contributed by atoms with Gasteiger partial charge in [-0.1, -0.05) is 12.1 Å². The van der Waals surface area contributed by atoms with Crippen LogP contribution in [0.5, 0.6) is 0 Å². The third kappa shape index (κ3) is 2.80. The van der Waals surface area contributed by atoms with Crippen molar-refractivity contribution in [3.63, 3.8) is 0 Å². The first-order valence-corrected chi connectivity index (χ1v) is 9.41. The molecule has 5 rings (SSSR count). The van der Waals surface area contributed by atoms with E-state index in [1.54, 1.807) is 12.1 Å². The van der Waals surface area contributed by atoms with E-state index in [4.69, 9.17) is 4.74 Å². The lowest BCUT2D eigenvalue weighted by molar-refractivity contribution is -0.141. The van der Waals surface area contributed by atoms with Crippen molar-refractivity contribution in [2.45, 2.75) is 37.1 Å². The van der Waals surface area contributed by atoms with Crippen molar-refractivity contribution in [2.24, 2.45) is 5.92 Å². The average Bonchev–Trinajstić information content (AvgIpc) is 2.95. The molecule has 1 aromatic rings. The van der Waals surface area contributed by atoms with Crippen molar-refractivity contribution in [3.05, 3.63) is 35.6 Å². The summed E-state index contributed by atoms with van der Waals surface area (Å²) in [5.74, 6) is -0.192. The highest BCUT2D eigenvalue weighted by Gasteiger charge is 2.48. The van der Waals surface area contributed by atoms with Crippen LogP contribution in [0.15, 0.2) is 24.3 Å². The Kier molecular flexibility index (Phi) is 4.47. The third-order valence-corrected chi connectivity index (χ3v) is 6.40. The molecule has 140 valence electrons. The molecule has 1 aromatic carbocycles. The van der Waals surface area contributed by atoms with Crippen molar-refractivity contribution in [1.29, 1.82) is 0 Å². The number of benzene rings is 1. The lowest BCUT2D eigenvalue weighted by Gasteiger charge is -2.40. The molecule has 0 radical (unpaired) electrons. The zero-order valence-corrected chi connectivity index (χ0v) is 15.1. The molecule has 4 aliphatic heterocycles. The van der Waals surface area contributed by atoms with Crippen LogP contribution in [0.1, 0.15) is 31.2 Å². The van der Waals surface area contributed by atoms with Gasteiger partial charge in [-0.15, -0.1) is 0 Å². The predicted octanol–water partition coefficient (Wildman–Crippen LogP) is 1.95. The lowest BCUT2D eigenvalue weighted by atomic mass is 9.73. The fourth-order valence-corrected chi connectivity index (χ4v) is 4.74. The minimum atomic E-state index is -0.683. The molecular formula is C20H25FN2O3. The molecule has 4 fully saturated rings. The lowest BCUT2D eigenvalue weighted by Crippen LogP contribution is -2.52. The summed E-state index contributed by atoms with van der Waals surface area (Å²) in [4.78, 5) is 29.9. The van der Waals surface area contributed by atoms with E-state index >= 15 is 0 Å². The number of halogens is 1. The highest BCUT2D eigenvalue weighted by atomic mass is 19.1. The fraction of sp³-hybridized carbons (Fsp3) is 0.600. The summed E-state index contributed by atoms with van der Waals surface area (Å²) in [6.07, 6.45) is 2.98. The molecule has 2 bridgehead atoms. The number of carbonyl (C=O) groups is 2. The van der Waals surface area contributed by atoms with E-state index in [1.165, 1.54) is 12.1 Å². The standard InChI is InChI=1S/C20H25FN2O3/c1-22-17-7-2-14(18(22)24)12-23(13-17)19(25)20(8-10-26-11-9-20)15-3-5-16(21)6-4-15/h3-6,14,17H,2,7-13H2,1H3/t14-,17+/m0/s1. The van der Waals surface area contributed by atoms with Crippen molar-refractivity contribution < 1.29 is 18.7 Å². The Morgan fingerprint density at radius 1 is 1.15 bits per heavy atom. The molecule has 4 aliphatic rings. The van der Waals surface area contributed by atoms with E-state index in [1.807, 2.05) is 16.8 Å². The van der Waals surface area contributed by atoms with Crippen LogP contribution in [-0.2, 0) is 19.7 Å². The first-order chi connectivity index (χ1) is 12.5. The zero-order chi connectivity index (χ0) is 18.3. The molecule has 0 aliphatic carbocycles. The summed E-state index contributed by atoms with van der Waals surface area (Å²) in [5, 5.41) is 0. The van der Waals surface area contributed by atoms with E-state index in [-0.39, 0.29) is 29.6 Å². The molecule has 4 saturated heterocycles. The summed E-state index contributed by atoms with van der Waals surface area (Å²) in [5.41, 5.74) is 0.167. The van der Waals surface area contributed by atoms with Crippen molar-refractivity contribution in [2.75, 3.05) is 33.4 Å². The van der Waals surface area contributed by atoms with Crippen LogP contribution in [0.25, 0.3) is 0 Å². The minimum Gasteiger partial charge on any atom is -0.381 e. The molecule has 4 heterocycles. The molecule has 0 unspecified atom stereocenters. The topological polar surface area (TPSA) is 49.9 Å². The quantitative estimate of drug-likeness (QED) is 0.810. The highest BCUT2D eigenvalue weighted by molar-refractivity contribution is 5.90. The number of piperidine rings is 1. The van der Waals surface area contributed by atoms with Gasteiger partial charge in [-0.2, -0.15) is 0 Å². The van der Waals surface area contributed by atoms with Crippen molar-refractivity contribution >= 4 is 11.8 Å². The number of fused-ring (bicyclic) bond motifs is 4. The Morgan fingerprint density at radius 2 is 1.85 bits per heavy atom. The largest absolute Gasteiger partial charge is 0.381 e. The maximum absolute atomic E-state index is 13.7. The minimum absolute atomic E-state index is 0.0624. The maximum Gasteiger partial charge on any atom is 0.233 e. The van der Waals surface area contributed by atoms with E-state index in [0.717, 1.165) is 18.4 Å². The predicted molar refractivity (Wildman–Crippen MR) is 94.0 cm³/mol. The summed E-state index contributed by atoms with van der Waals surface area (Å²) in [6, 6.07) is 6.38. The second-order valence-electron chi connectivity index (χ2n) is 7.79. The second kappa shape index (κ2) is 6.65. The van der Waals surface area contributed by atoms with Gasteiger partial charge in [0, 0.05) is 39.4 Å². The molecule has 0 N–H and O–H groups in total.